The van der Waals surface area contributed by atoms with Gasteiger partial charge in [0.05, 0.1) is 11.6 Å². The van der Waals surface area contributed by atoms with Gasteiger partial charge in [-0.25, -0.2) is 0 Å². The highest BCUT2D eigenvalue weighted by atomic mass is 16.3. The summed E-state index contributed by atoms with van der Waals surface area (Å²) in [5.41, 5.74) is 0.828. The van der Waals surface area contributed by atoms with E-state index in [1.807, 2.05) is 37.2 Å². The molecule has 1 saturated heterocycles. The summed E-state index contributed by atoms with van der Waals surface area (Å²) in [5.74, 6) is 0.159. The Morgan fingerprint density at radius 3 is 2.94 bits per heavy atom. The van der Waals surface area contributed by atoms with Crippen molar-refractivity contribution in [3.63, 3.8) is 0 Å². The van der Waals surface area contributed by atoms with Crippen molar-refractivity contribution in [1.82, 2.24) is 9.88 Å². The summed E-state index contributed by atoms with van der Waals surface area (Å²) in [6.45, 7) is 4.56. The summed E-state index contributed by atoms with van der Waals surface area (Å²) in [7, 11) is 0. The second-order valence-electron chi connectivity index (χ2n) is 5.58. The molecule has 1 atom stereocenters. The van der Waals surface area contributed by atoms with Gasteiger partial charge in [-0.3, -0.25) is 4.79 Å². The first kappa shape index (κ1) is 13.1. The Morgan fingerprint density at radius 1 is 1.61 bits per heavy atom. The Balaban J connectivity index is 1.82. The van der Waals surface area contributed by atoms with Crippen LogP contribution < -0.4 is 0 Å². The molecule has 0 aromatic carbocycles. The van der Waals surface area contributed by atoms with Crippen molar-refractivity contribution < 1.29 is 9.90 Å². The zero-order valence-electron chi connectivity index (χ0n) is 11.1. The van der Waals surface area contributed by atoms with Gasteiger partial charge in [-0.05, 0) is 44.7 Å². The number of H-pyrrole nitrogens is 1. The van der Waals surface area contributed by atoms with E-state index in [1.54, 1.807) is 0 Å². The van der Waals surface area contributed by atoms with E-state index in [0.717, 1.165) is 12.8 Å². The molecule has 2 N–H and O–H groups in total. The van der Waals surface area contributed by atoms with E-state index in [9.17, 15) is 9.90 Å². The maximum Gasteiger partial charge on any atom is 0.223 e. The van der Waals surface area contributed by atoms with Crippen LogP contribution in [0.5, 0.6) is 0 Å². The number of nitrogens with one attached hydrogen (secondary N) is 1. The maximum atomic E-state index is 12.1. The number of aromatic nitrogens is 1. The number of likely N-dealkylation sites (tertiary alicyclic amines) is 1. The molecule has 1 aliphatic heterocycles. The number of carbonyl (C=O) groups is 1. The third-order valence-corrected chi connectivity index (χ3v) is 3.96. The number of aromatic amines is 1. The Kier molecular flexibility index (Phi) is 3.76. The average molecular weight is 250 g/mol. The van der Waals surface area contributed by atoms with Gasteiger partial charge in [0.2, 0.25) is 5.91 Å². The molecule has 4 nitrogen and oxygen atoms in total. The molecule has 0 radical (unpaired) electrons. The van der Waals surface area contributed by atoms with Crippen LogP contribution in [0.25, 0.3) is 0 Å². The van der Waals surface area contributed by atoms with Crippen LogP contribution in [0.1, 0.15) is 38.7 Å². The van der Waals surface area contributed by atoms with Gasteiger partial charge < -0.3 is 15.0 Å². The molecule has 1 aromatic rings. The van der Waals surface area contributed by atoms with E-state index >= 15 is 0 Å². The lowest BCUT2D eigenvalue weighted by Crippen LogP contribution is -2.48. The van der Waals surface area contributed by atoms with Crippen LogP contribution >= 0.6 is 0 Å². The van der Waals surface area contributed by atoms with Crippen molar-refractivity contribution in [2.24, 2.45) is 0 Å². The Morgan fingerprint density at radius 2 is 2.39 bits per heavy atom. The highest BCUT2D eigenvalue weighted by Crippen LogP contribution is 2.29. The van der Waals surface area contributed by atoms with E-state index in [-0.39, 0.29) is 5.91 Å². The van der Waals surface area contributed by atoms with Crippen molar-refractivity contribution in [3.8, 4) is 0 Å². The molecule has 4 heteroatoms. The maximum absolute atomic E-state index is 12.1. The molecule has 1 aromatic heterocycles. The molecule has 0 spiro atoms. The minimum Gasteiger partial charge on any atom is -0.391 e. The van der Waals surface area contributed by atoms with Gasteiger partial charge >= 0.3 is 0 Å². The highest BCUT2D eigenvalue weighted by Gasteiger charge is 2.42. The van der Waals surface area contributed by atoms with Crippen molar-refractivity contribution >= 4 is 5.91 Å². The van der Waals surface area contributed by atoms with Gasteiger partial charge in [0.1, 0.15) is 0 Å². The smallest absolute Gasteiger partial charge is 0.223 e. The lowest BCUT2D eigenvalue weighted by atomic mass is 9.98. The number of nitrogens with zero attached hydrogens (tertiary/aromatic N) is 1. The van der Waals surface area contributed by atoms with Gasteiger partial charge in [0.25, 0.3) is 0 Å². The zero-order chi connectivity index (χ0) is 13.2. The third kappa shape index (κ3) is 2.58. The monoisotopic (exact) mass is 250 g/mol. The fourth-order valence-electron chi connectivity index (χ4n) is 2.61. The number of aryl methyl sites for hydroxylation is 1. The number of amides is 1. The second kappa shape index (κ2) is 5.14. The fraction of sp³-hybridized carbons (Fsp3) is 0.643. The van der Waals surface area contributed by atoms with Crippen LogP contribution in [-0.4, -0.2) is 39.1 Å². The zero-order valence-corrected chi connectivity index (χ0v) is 11.1. The number of hydrogen-bond donors (Lipinski definition) is 2. The molecule has 1 amide bonds. The molecule has 0 aliphatic carbocycles. The third-order valence-electron chi connectivity index (χ3n) is 3.96. The lowest BCUT2D eigenvalue weighted by molar-refractivity contribution is -0.136. The molecule has 2 heterocycles. The van der Waals surface area contributed by atoms with Crippen molar-refractivity contribution in [2.45, 2.75) is 51.2 Å². The second-order valence-corrected chi connectivity index (χ2v) is 5.58. The standard InChI is InChI=1S/C14H22N2O2/c1-14(2)12(17)7-9-16(14)13(18)5-3-4-11-6-8-15-10-11/h6,8,10,12,15,17H,3-5,7,9H2,1-2H3. The van der Waals surface area contributed by atoms with Crippen LogP contribution in [-0.2, 0) is 11.2 Å². The average Bonchev–Trinajstić information content (AvgIpc) is 2.89. The minimum absolute atomic E-state index is 0.159. The molecule has 2 rings (SSSR count). The quantitative estimate of drug-likeness (QED) is 0.854. The van der Waals surface area contributed by atoms with Crippen molar-refractivity contribution in [1.29, 1.82) is 0 Å². The normalized spacial score (nSPS) is 22.4. The van der Waals surface area contributed by atoms with Gasteiger partial charge in [0.15, 0.2) is 0 Å². The van der Waals surface area contributed by atoms with Gasteiger partial charge in [-0.2, -0.15) is 0 Å². The number of rotatable bonds is 4. The minimum atomic E-state index is -0.412. The largest absolute Gasteiger partial charge is 0.391 e. The number of aliphatic hydroxyl groups excluding tert-OH is 1. The molecule has 1 fully saturated rings. The van der Waals surface area contributed by atoms with E-state index < -0.39 is 11.6 Å². The Bertz CT molecular complexity index is 398. The molecule has 0 bridgehead atoms. The summed E-state index contributed by atoms with van der Waals surface area (Å²) in [4.78, 5) is 17.0. The molecule has 18 heavy (non-hydrogen) atoms. The lowest BCUT2D eigenvalue weighted by Gasteiger charge is -2.33. The first-order valence-electron chi connectivity index (χ1n) is 6.62. The summed E-state index contributed by atoms with van der Waals surface area (Å²) in [6.07, 6.45) is 6.50. The molecular formula is C14H22N2O2. The summed E-state index contributed by atoms with van der Waals surface area (Å²) < 4.78 is 0. The molecule has 1 aliphatic rings. The van der Waals surface area contributed by atoms with Crippen molar-refractivity contribution in [3.05, 3.63) is 24.0 Å². The molecule has 100 valence electrons. The summed E-state index contributed by atoms with van der Waals surface area (Å²) in [6, 6.07) is 2.04. The first-order valence-corrected chi connectivity index (χ1v) is 6.62. The first-order chi connectivity index (χ1) is 8.51. The number of carbonyl (C=O) groups excluding carboxylic acids is 1. The van der Waals surface area contributed by atoms with E-state index in [0.29, 0.717) is 19.4 Å². The van der Waals surface area contributed by atoms with Crippen LogP contribution in [0, 0.1) is 0 Å². The Hall–Kier alpha value is -1.29. The van der Waals surface area contributed by atoms with Gasteiger partial charge in [-0.15, -0.1) is 0 Å². The molecule has 0 saturated carbocycles. The topological polar surface area (TPSA) is 56.3 Å². The van der Waals surface area contributed by atoms with Gasteiger partial charge in [0, 0.05) is 25.4 Å². The molecular weight excluding hydrogens is 228 g/mol. The summed E-state index contributed by atoms with van der Waals surface area (Å²) in [5, 5.41) is 9.85. The van der Waals surface area contributed by atoms with Crippen molar-refractivity contribution in [2.75, 3.05) is 6.54 Å². The van der Waals surface area contributed by atoms with Crippen LogP contribution in [0.2, 0.25) is 0 Å². The number of hydrogen-bond acceptors (Lipinski definition) is 2. The molecule has 1 unspecified atom stereocenters. The van der Waals surface area contributed by atoms with E-state index in [4.69, 9.17) is 0 Å². The SMILES string of the molecule is CC1(C)C(O)CCN1C(=O)CCCc1cc[nH]c1. The van der Waals surface area contributed by atoms with Crippen LogP contribution in [0.15, 0.2) is 18.5 Å². The van der Waals surface area contributed by atoms with Crippen LogP contribution in [0.4, 0.5) is 0 Å². The van der Waals surface area contributed by atoms with E-state index in [2.05, 4.69) is 4.98 Å². The van der Waals surface area contributed by atoms with E-state index in [1.165, 1.54) is 5.56 Å². The highest BCUT2D eigenvalue weighted by molar-refractivity contribution is 5.77. The number of aliphatic hydroxyl groups is 1. The predicted molar refractivity (Wildman–Crippen MR) is 70.1 cm³/mol. The van der Waals surface area contributed by atoms with Crippen LogP contribution in [0.3, 0.4) is 0 Å². The summed E-state index contributed by atoms with van der Waals surface area (Å²) >= 11 is 0. The predicted octanol–water partition coefficient (Wildman–Crippen LogP) is 1.71. The fourth-order valence-corrected chi connectivity index (χ4v) is 2.61. The van der Waals surface area contributed by atoms with Gasteiger partial charge in [-0.1, -0.05) is 0 Å². The Labute approximate surface area is 108 Å².